The first-order chi connectivity index (χ1) is 9.79. The Balaban J connectivity index is 2.20. The van der Waals surface area contributed by atoms with E-state index in [0.717, 1.165) is 27.1 Å². The molecular weight excluding hydrogens is 252 g/mol. The van der Waals surface area contributed by atoms with E-state index in [9.17, 15) is 4.79 Å². The summed E-state index contributed by atoms with van der Waals surface area (Å²) in [5, 5.41) is 4.41. The first-order valence-electron chi connectivity index (χ1n) is 6.32. The van der Waals surface area contributed by atoms with Crippen molar-refractivity contribution in [2.45, 2.75) is 6.61 Å². The number of carbonyl (C=O) groups excluding carboxylic acids is 1. The van der Waals surface area contributed by atoms with Crippen molar-refractivity contribution in [1.82, 2.24) is 5.43 Å². The van der Waals surface area contributed by atoms with Crippen molar-refractivity contribution in [2.24, 2.45) is 5.84 Å². The summed E-state index contributed by atoms with van der Waals surface area (Å²) >= 11 is 0. The van der Waals surface area contributed by atoms with Gasteiger partial charge in [-0.2, -0.15) is 0 Å². The largest absolute Gasteiger partial charge is 0.444 e. The zero-order valence-corrected chi connectivity index (χ0v) is 10.8. The van der Waals surface area contributed by atoms with Gasteiger partial charge in [-0.25, -0.2) is 10.6 Å². The monoisotopic (exact) mass is 266 g/mol. The van der Waals surface area contributed by atoms with Gasteiger partial charge < -0.3 is 4.74 Å². The second kappa shape index (κ2) is 5.19. The second-order valence-electron chi connectivity index (χ2n) is 4.52. The van der Waals surface area contributed by atoms with Gasteiger partial charge in [-0.05, 0) is 27.6 Å². The summed E-state index contributed by atoms with van der Waals surface area (Å²) in [7, 11) is 0. The number of benzene rings is 3. The third-order valence-electron chi connectivity index (χ3n) is 3.35. The van der Waals surface area contributed by atoms with Gasteiger partial charge in [-0.3, -0.25) is 5.43 Å². The Kier molecular flexibility index (Phi) is 3.23. The summed E-state index contributed by atoms with van der Waals surface area (Å²) in [5.41, 5.74) is 2.96. The van der Waals surface area contributed by atoms with E-state index in [2.05, 4.69) is 6.07 Å². The van der Waals surface area contributed by atoms with Crippen LogP contribution in [0, 0.1) is 0 Å². The van der Waals surface area contributed by atoms with Crippen LogP contribution in [0.2, 0.25) is 0 Å². The van der Waals surface area contributed by atoms with Gasteiger partial charge in [-0.1, -0.05) is 48.5 Å². The fraction of sp³-hybridized carbons (Fsp3) is 0.0625. The number of amides is 1. The zero-order valence-electron chi connectivity index (χ0n) is 10.8. The lowest BCUT2D eigenvalue weighted by atomic mass is 9.97. The maximum atomic E-state index is 11.2. The van der Waals surface area contributed by atoms with Gasteiger partial charge in [0.15, 0.2) is 0 Å². The summed E-state index contributed by atoms with van der Waals surface area (Å²) in [5.74, 6) is 5.04. The fourth-order valence-corrected chi connectivity index (χ4v) is 2.44. The van der Waals surface area contributed by atoms with E-state index in [4.69, 9.17) is 10.6 Å². The highest BCUT2D eigenvalue weighted by Crippen LogP contribution is 2.28. The van der Waals surface area contributed by atoms with Crippen LogP contribution in [-0.4, -0.2) is 6.09 Å². The first kappa shape index (κ1) is 12.4. The maximum Gasteiger partial charge on any atom is 0.421 e. The van der Waals surface area contributed by atoms with Crippen LogP contribution in [0.4, 0.5) is 4.79 Å². The van der Waals surface area contributed by atoms with Gasteiger partial charge in [-0.15, -0.1) is 0 Å². The minimum Gasteiger partial charge on any atom is -0.444 e. The molecule has 0 atom stereocenters. The molecule has 0 radical (unpaired) electrons. The van der Waals surface area contributed by atoms with Crippen molar-refractivity contribution in [3.8, 4) is 0 Å². The Morgan fingerprint density at radius 3 is 2.10 bits per heavy atom. The van der Waals surface area contributed by atoms with E-state index in [1.807, 2.05) is 54.0 Å². The number of hydrogen-bond donors (Lipinski definition) is 2. The van der Waals surface area contributed by atoms with Crippen LogP contribution in [0.25, 0.3) is 21.5 Å². The summed E-state index contributed by atoms with van der Waals surface area (Å²) < 4.78 is 5.12. The molecule has 0 aliphatic heterocycles. The van der Waals surface area contributed by atoms with Crippen LogP contribution >= 0.6 is 0 Å². The first-order valence-corrected chi connectivity index (χ1v) is 6.32. The van der Waals surface area contributed by atoms with Crippen molar-refractivity contribution in [3.05, 3.63) is 60.2 Å². The predicted octanol–water partition coefficient (Wildman–Crippen LogP) is 3.09. The number of nitrogens with two attached hydrogens (primary N) is 1. The molecular formula is C16H14N2O2. The van der Waals surface area contributed by atoms with E-state index in [-0.39, 0.29) is 6.61 Å². The van der Waals surface area contributed by atoms with Crippen LogP contribution in [0.1, 0.15) is 5.56 Å². The second-order valence-corrected chi connectivity index (χ2v) is 4.52. The molecule has 0 aromatic heterocycles. The predicted molar refractivity (Wildman–Crippen MR) is 79.0 cm³/mol. The molecule has 0 spiro atoms. The number of carbonyl (C=O) groups is 1. The molecule has 3 aromatic carbocycles. The molecule has 0 aliphatic rings. The molecule has 1 amide bonds. The van der Waals surface area contributed by atoms with Gasteiger partial charge in [0.2, 0.25) is 0 Å². The van der Waals surface area contributed by atoms with Gasteiger partial charge in [0.05, 0.1) is 0 Å². The lowest BCUT2D eigenvalue weighted by molar-refractivity contribution is 0.140. The van der Waals surface area contributed by atoms with Crippen LogP contribution in [-0.2, 0) is 11.3 Å². The van der Waals surface area contributed by atoms with Gasteiger partial charge >= 0.3 is 6.09 Å². The number of rotatable bonds is 2. The van der Waals surface area contributed by atoms with Crippen LogP contribution in [0.5, 0.6) is 0 Å². The average Bonchev–Trinajstić information content (AvgIpc) is 2.51. The molecule has 0 saturated carbocycles. The summed E-state index contributed by atoms with van der Waals surface area (Å²) in [6, 6.07) is 18.2. The number of nitrogens with one attached hydrogen (secondary N) is 1. The van der Waals surface area contributed by atoms with Crippen LogP contribution in [0.3, 0.4) is 0 Å². The Bertz CT molecular complexity index is 730. The lowest BCUT2D eigenvalue weighted by Crippen LogP contribution is -2.30. The van der Waals surface area contributed by atoms with E-state index < -0.39 is 6.09 Å². The van der Waals surface area contributed by atoms with Crippen molar-refractivity contribution in [3.63, 3.8) is 0 Å². The highest BCUT2D eigenvalue weighted by atomic mass is 16.5. The van der Waals surface area contributed by atoms with E-state index in [0.29, 0.717) is 0 Å². The minimum atomic E-state index is -0.637. The molecule has 4 heteroatoms. The summed E-state index contributed by atoms with van der Waals surface area (Å²) in [6.07, 6.45) is -0.637. The molecule has 0 heterocycles. The van der Waals surface area contributed by atoms with E-state index in [1.165, 1.54) is 0 Å². The highest BCUT2D eigenvalue weighted by Gasteiger charge is 2.09. The molecule has 0 unspecified atom stereocenters. The Hall–Kier alpha value is -2.59. The minimum absolute atomic E-state index is 0.185. The van der Waals surface area contributed by atoms with Crippen LogP contribution < -0.4 is 11.3 Å². The van der Waals surface area contributed by atoms with Crippen molar-refractivity contribution < 1.29 is 9.53 Å². The molecule has 3 aromatic rings. The van der Waals surface area contributed by atoms with Crippen molar-refractivity contribution in [1.29, 1.82) is 0 Å². The fourth-order valence-electron chi connectivity index (χ4n) is 2.44. The Labute approximate surface area is 116 Å². The quantitative estimate of drug-likeness (QED) is 0.324. The Morgan fingerprint density at radius 1 is 1.00 bits per heavy atom. The maximum absolute atomic E-state index is 11.2. The molecule has 3 rings (SSSR count). The molecule has 100 valence electrons. The van der Waals surface area contributed by atoms with Gasteiger partial charge in [0, 0.05) is 5.56 Å². The smallest absolute Gasteiger partial charge is 0.421 e. The topological polar surface area (TPSA) is 64.3 Å². The number of hydrogen-bond acceptors (Lipinski definition) is 3. The highest BCUT2D eigenvalue weighted by molar-refractivity contribution is 6.02. The molecule has 0 saturated heterocycles. The zero-order chi connectivity index (χ0) is 13.9. The molecule has 3 N–H and O–H groups in total. The number of fused-ring (bicyclic) bond motifs is 2. The van der Waals surface area contributed by atoms with E-state index >= 15 is 0 Å². The Morgan fingerprint density at radius 2 is 1.55 bits per heavy atom. The van der Waals surface area contributed by atoms with Crippen molar-refractivity contribution >= 4 is 27.6 Å². The summed E-state index contributed by atoms with van der Waals surface area (Å²) in [6.45, 7) is 0.185. The molecule has 0 aliphatic carbocycles. The van der Waals surface area contributed by atoms with Gasteiger partial charge in [0.25, 0.3) is 0 Å². The molecule has 0 fully saturated rings. The van der Waals surface area contributed by atoms with E-state index in [1.54, 1.807) is 0 Å². The number of hydrazine groups is 1. The standard InChI is InChI=1S/C16H14N2O2/c17-18-16(19)20-10-15-13-7-3-1-5-11(13)9-12-6-2-4-8-14(12)15/h1-9H,10,17H2,(H,18,19). The summed E-state index contributed by atoms with van der Waals surface area (Å²) in [4.78, 5) is 11.2. The molecule has 4 nitrogen and oxygen atoms in total. The third kappa shape index (κ3) is 2.17. The lowest BCUT2D eigenvalue weighted by Gasteiger charge is -2.11. The molecule has 20 heavy (non-hydrogen) atoms. The van der Waals surface area contributed by atoms with Crippen molar-refractivity contribution in [2.75, 3.05) is 0 Å². The third-order valence-corrected chi connectivity index (χ3v) is 3.35. The normalized spacial score (nSPS) is 10.7. The number of ether oxygens (including phenoxy) is 1. The SMILES string of the molecule is NNC(=O)OCc1c2ccccc2cc2ccccc12. The molecule has 0 bridgehead atoms. The average molecular weight is 266 g/mol. The van der Waals surface area contributed by atoms with Crippen LogP contribution in [0.15, 0.2) is 54.6 Å². The van der Waals surface area contributed by atoms with Gasteiger partial charge in [0.1, 0.15) is 6.61 Å².